The minimum absolute atomic E-state index is 0.0127. The molecule has 0 aliphatic rings. The second kappa shape index (κ2) is 8.98. The van der Waals surface area contributed by atoms with E-state index in [1.807, 2.05) is 24.3 Å². The summed E-state index contributed by atoms with van der Waals surface area (Å²) in [7, 11) is 0. The van der Waals surface area contributed by atoms with Crippen molar-refractivity contribution < 1.29 is 18.3 Å². The minimum atomic E-state index is -2.63. The van der Waals surface area contributed by atoms with Gasteiger partial charge in [0.05, 0.1) is 12.1 Å². The first-order valence-electron chi connectivity index (χ1n) is 8.19. The zero-order chi connectivity index (χ0) is 19.2. The maximum Gasteiger partial charge on any atom is 0.290 e. The van der Waals surface area contributed by atoms with Gasteiger partial charge in [-0.2, -0.15) is 8.78 Å². The second-order valence-electron chi connectivity index (χ2n) is 6.61. The number of halogens is 2. The zero-order valence-corrected chi connectivity index (χ0v) is 15.8. The summed E-state index contributed by atoms with van der Waals surface area (Å²) in [6, 6.07) is 10.8. The van der Waals surface area contributed by atoms with E-state index in [4.69, 9.17) is 4.74 Å². The standard InChI is InChI=1S/C19H22F2N2O2S/c1-19(2,3)13-6-8-14(9-7-13)25-12-11-22-16(24)15-5-4-10-23-17(15)26-18(20)21/h4-10,18H,11-12H2,1-3H3,(H,22,24). The smallest absolute Gasteiger partial charge is 0.290 e. The fourth-order valence-electron chi connectivity index (χ4n) is 2.22. The molecule has 0 saturated carbocycles. The first-order valence-corrected chi connectivity index (χ1v) is 9.06. The van der Waals surface area contributed by atoms with Crippen molar-refractivity contribution >= 4 is 17.7 Å². The van der Waals surface area contributed by atoms with Gasteiger partial charge < -0.3 is 10.1 Å². The molecule has 0 saturated heterocycles. The highest BCUT2D eigenvalue weighted by Crippen LogP contribution is 2.26. The van der Waals surface area contributed by atoms with Gasteiger partial charge in [0.25, 0.3) is 11.7 Å². The average molecular weight is 380 g/mol. The molecule has 0 aliphatic carbocycles. The number of rotatable bonds is 7. The highest BCUT2D eigenvalue weighted by atomic mass is 32.2. The molecule has 0 bridgehead atoms. The van der Waals surface area contributed by atoms with Gasteiger partial charge in [0.15, 0.2) is 0 Å². The lowest BCUT2D eigenvalue weighted by Gasteiger charge is -2.19. The molecule has 7 heteroatoms. The number of ether oxygens (including phenoxy) is 1. The molecule has 1 amide bonds. The van der Waals surface area contributed by atoms with Gasteiger partial charge in [-0.25, -0.2) is 4.98 Å². The number of thioether (sulfide) groups is 1. The van der Waals surface area contributed by atoms with Crippen LogP contribution in [-0.2, 0) is 5.41 Å². The van der Waals surface area contributed by atoms with E-state index in [1.165, 1.54) is 23.9 Å². The van der Waals surface area contributed by atoms with Crippen molar-refractivity contribution in [1.29, 1.82) is 0 Å². The lowest BCUT2D eigenvalue weighted by atomic mass is 9.87. The van der Waals surface area contributed by atoms with Gasteiger partial charge in [-0.05, 0) is 47.0 Å². The van der Waals surface area contributed by atoms with E-state index in [0.717, 1.165) is 0 Å². The number of carbonyl (C=O) groups excluding carboxylic acids is 1. The lowest BCUT2D eigenvalue weighted by molar-refractivity contribution is 0.0943. The first-order chi connectivity index (χ1) is 12.3. The van der Waals surface area contributed by atoms with Crippen LogP contribution in [0.3, 0.4) is 0 Å². The van der Waals surface area contributed by atoms with E-state index >= 15 is 0 Å². The van der Waals surface area contributed by atoms with Crippen LogP contribution < -0.4 is 10.1 Å². The van der Waals surface area contributed by atoms with E-state index in [9.17, 15) is 13.6 Å². The van der Waals surface area contributed by atoms with Gasteiger partial charge in [-0.1, -0.05) is 32.9 Å². The summed E-state index contributed by atoms with van der Waals surface area (Å²) in [4.78, 5) is 16.0. The van der Waals surface area contributed by atoms with Crippen LogP contribution in [0.25, 0.3) is 0 Å². The predicted octanol–water partition coefficient (Wildman–Crippen LogP) is 4.50. The predicted molar refractivity (Wildman–Crippen MR) is 99.1 cm³/mol. The summed E-state index contributed by atoms with van der Waals surface area (Å²) in [5, 5.41) is 2.67. The largest absolute Gasteiger partial charge is 0.492 e. The van der Waals surface area contributed by atoms with Crippen LogP contribution in [0.5, 0.6) is 5.75 Å². The monoisotopic (exact) mass is 380 g/mol. The first kappa shape index (κ1) is 20.2. The van der Waals surface area contributed by atoms with Crippen LogP contribution in [0.4, 0.5) is 8.78 Å². The van der Waals surface area contributed by atoms with Crippen LogP contribution in [0, 0.1) is 0 Å². The molecule has 0 fully saturated rings. The highest BCUT2D eigenvalue weighted by Gasteiger charge is 2.16. The van der Waals surface area contributed by atoms with Crippen LogP contribution >= 0.6 is 11.8 Å². The van der Waals surface area contributed by atoms with Crippen LogP contribution in [0.1, 0.15) is 36.7 Å². The Labute approximate surface area is 156 Å². The summed E-state index contributed by atoms with van der Waals surface area (Å²) >= 11 is 0.256. The summed E-state index contributed by atoms with van der Waals surface area (Å²) in [6.45, 7) is 6.94. The summed E-state index contributed by atoms with van der Waals surface area (Å²) in [5.74, 6) is -2.37. The molecular weight excluding hydrogens is 358 g/mol. The summed E-state index contributed by atoms with van der Waals surface area (Å²) in [5.41, 5.74) is 1.41. The maximum absolute atomic E-state index is 12.5. The molecule has 0 aliphatic heterocycles. The Morgan fingerprint density at radius 2 is 1.92 bits per heavy atom. The second-order valence-corrected chi connectivity index (χ2v) is 7.59. The third kappa shape index (κ3) is 5.98. The molecule has 1 aromatic carbocycles. The number of hydrogen-bond acceptors (Lipinski definition) is 4. The number of nitrogens with one attached hydrogen (secondary N) is 1. The summed E-state index contributed by atoms with van der Waals surface area (Å²) < 4.78 is 30.7. The van der Waals surface area contributed by atoms with Crippen molar-refractivity contribution in [3.8, 4) is 5.75 Å². The quantitative estimate of drug-likeness (QED) is 0.567. The van der Waals surface area contributed by atoms with Gasteiger partial charge in [0.1, 0.15) is 17.4 Å². The number of pyridine rings is 1. The van der Waals surface area contributed by atoms with E-state index in [1.54, 1.807) is 0 Å². The third-order valence-corrected chi connectivity index (χ3v) is 4.32. The Bertz CT molecular complexity index is 731. The Morgan fingerprint density at radius 1 is 1.23 bits per heavy atom. The van der Waals surface area contributed by atoms with Crippen molar-refractivity contribution in [2.45, 2.75) is 37.0 Å². The Kier molecular flexibility index (Phi) is 6.97. The third-order valence-electron chi connectivity index (χ3n) is 3.59. The molecule has 1 N–H and O–H groups in total. The molecular formula is C19H22F2N2O2S. The molecule has 0 atom stereocenters. The molecule has 4 nitrogen and oxygen atoms in total. The maximum atomic E-state index is 12.5. The molecule has 0 spiro atoms. The number of carbonyl (C=O) groups is 1. The van der Waals surface area contributed by atoms with E-state index in [0.29, 0.717) is 5.75 Å². The van der Waals surface area contributed by atoms with Gasteiger partial charge in [0, 0.05) is 6.20 Å². The lowest BCUT2D eigenvalue weighted by Crippen LogP contribution is -2.28. The molecule has 0 radical (unpaired) electrons. The highest BCUT2D eigenvalue weighted by molar-refractivity contribution is 7.99. The van der Waals surface area contributed by atoms with Crippen LogP contribution in [0.15, 0.2) is 47.6 Å². The molecule has 26 heavy (non-hydrogen) atoms. The Hall–Kier alpha value is -2.15. The number of aromatic nitrogens is 1. The van der Waals surface area contributed by atoms with Crippen molar-refractivity contribution in [1.82, 2.24) is 10.3 Å². The molecule has 1 heterocycles. The topological polar surface area (TPSA) is 51.2 Å². The van der Waals surface area contributed by atoms with E-state index in [2.05, 4.69) is 31.1 Å². The fourth-order valence-corrected chi connectivity index (χ4v) is 2.80. The summed E-state index contributed by atoms with van der Waals surface area (Å²) in [6.07, 6.45) is 1.38. The fraction of sp³-hybridized carbons (Fsp3) is 0.368. The van der Waals surface area contributed by atoms with Gasteiger partial charge in [-0.3, -0.25) is 4.79 Å². The SMILES string of the molecule is CC(C)(C)c1ccc(OCCNC(=O)c2cccnc2SC(F)F)cc1. The number of alkyl halides is 2. The van der Waals surface area contributed by atoms with E-state index < -0.39 is 11.7 Å². The normalized spacial score (nSPS) is 11.5. The van der Waals surface area contributed by atoms with Crippen LogP contribution in [0.2, 0.25) is 0 Å². The van der Waals surface area contributed by atoms with Crippen molar-refractivity contribution in [2.75, 3.05) is 13.2 Å². The molecule has 1 aromatic heterocycles. The van der Waals surface area contributed by atoms with Crippen molar-refractivity contribution in [2.24, 2.45) is 0 Å². The van der Waals surface area contributed by atoms with Crippen LogP contribution in [-0.4, -0.2) is 29.8 Å². The molecule has 0 unspecified atom stereocenters. The van der Waals surface area contributed by atoms with E-state index in [-0.39, 0.29) is 40.9 Å². The Morgan fingerprint density at radius 3 is 2.54 bits per heavy atom. The van der Waals surface area contributed by atoms with Crippen molar-refractivity contribution in [3.05, 3.63) is 53.7 Å². The number of nitrogens with zero attached hydrogens (tertiary/aromatic N) is 1. The van der Waals surface area contributed by atoms with Gasteiger partial charge in [-0.15, -0.1) is 0 Å². The number of amides is 1. The number of benzene rings is 1. The molecule has 140 valence electrons. The Balaban J connectivity index is 1.84. The minimum Gasteiger partial charge on any atom is -0.492 e. The van der Waals surface area contributed by atoms with Gasteiger partial charge >= 0.3 is 0 Å². The van der Waals surface area contributed by atoms with Gasteiger partial charge in [0.2, 0.25) is 0 Å². The molecule has 2 rings (SSSR count). The van der Waals surface area contributed by atoms with Crippen molar-refractivity contribution in [3.63, 3.8) is 0 Å². The zero-order valence-electron chi connectivity index (χ0n) is 15.0. The molecule has 2 aromatic rings. The number of hydrogen-bond donors (Lipinski definition) is 1. The average Bonchev–Trinajstić information content (AvgIpc) is 2.58.